The Morgan fingerprint density at radius 1 is 1.15 bits per heavy atom. The molecule has 0 radical (unpaired) electrons. The van der Waals surface area contributed by atoms with Crippen LogP contribution in [0, 0.1) is 0 Å². The fourth-order valence-electron chi connectivity index (χ4n) is 2.62. The van der Waals surface area contributed by atoms with E-state index in [1.165, 1.54) is 11.0 Å². The van der Waals surface area contributed by atoms with Gasteiger partial charge >= 0.3 is 0 Å². The van der Waals surface area contributed by atoms with Gasteiger partial charge in [-0.1, -0.05) is 12.1 Å². The van der Waals surface area contributed by atoms with Crippen LogP contribution < -0.4 is 0 Å². The summed E-state index contributed by atoms with van der Waals surface area (Å²) in [7, 11) is 0. The van der Waals surface area contributed by atoms with E-state index in [0.717, 1.165) is 16.3 Å². The van der Waals surface area contributed by atoms with Gasteiger partial charge < -0.3 is 9.32 Å². The van der Waals surface area contributed by atoms with Crippen LogP contribution in [0.4, 0.5) is 0 Å². The highest BCUT2D eigenvalue weighted by atomic mass is 32.1. The van der Waals surface area contributed by atoms with E-state index in [0.29, 0.717) is 18.7 Å². The standard InChI is InChI=1S/C18H15N5O2S/c24-18(14-4-1-5-15(10-14)23-13-19-20-21-23)22(11-16-6-2-8-25-16)12-17-7-3-9-26-17/h1-10,13H,11-12H2. The van der Waals surface area contributed by atoms with Crippen LogP contribution >= 0.6 is 11.3 Å². The summed E-state index contributed by atoms with van der Waals surface area (Å²) in [6.07, 6.45) is 3.11. The molecule has 0 N–H and O–H groups in total. The molecule has 4 rings (SSSR count). The van der Waals surface area contributed by atoms with E-state index >= 15 is 0 Å². The fourth-order valence-corrected chi connectivity index (χ4v) is 3.34. The lowest BCUT2D eigenvalue weighted by Gasteiger charge is -2.21. The maximum Gasteiger partial charge on any atom is 0.254 e. The largest absolute Gasteiger partial charge is 0.467 e. The molecule has 0 atom stereocenters. The van der Waals surface area contributed by atoms with Crippen molar-refractivity contribution in [1.82, 2.24) is 25.1 Å². The van der Waals surface area contributed by atoms with Gasteiger partial charge in [-0.15, -0.1) is 16.4 Å². The molecule has 26 heavy (non-hydrogen) atoms. The Morgan fingerprint density at radius 2 is 2.12 bits per heavy atom. The maximum atomic E-state index is 13.1. The average Bonchev–Trinajstić information content (AvgIpc) is 3.43. The van der Waals surface area contributed by atoms with Crippen LogP contribution in [0.15, 0.2) is 70.9 Å². The molecule has 8 heteroatoms. The fraction of sp³-hybridized carbons (Fsp3) is 0.111. The van der Waals surface area contributed by atoms with E-state index in [1.807, 2.05) is 41.8 Å². The van der Waals surface area contributed by atoms with E-state index in [2.05, 4.69) is 15.5 Å². The maximum absolute atomic E-state index is 13.1. The first-order valence-electron chi connectivity index (χ1n) is 7.97. The minimum Gasteiger partial charge on any atom is -0.467 e. The number of hydrogen-bond donors (Lipinski definition) is 0. The van der Waals surface area contributed by atoms with Gasteiger partial charge in [-0.3, -0.25) is 4.79 Å². The Kier molecular flexibility index (Phi) is 4.57. The second kappa shape index (κ2) is 7.32. The second-order valence-electron chi connectivity index (χ2n) is 5.62. The number of amides is 1. The van der Waals surface area contributed by atoms with Crippen molar-refractivity contribution in [2.24, 2.45) is 0 Å². The third kappa shape index (κ3) is 3.55. The number of thiophene rings is 1. The molecule has 4 aromatic rings. The Labute approximate surface area is 153 Å². The molecule has 0 unspecified atom stereocenters. The number of tetrazole rings is 1. The Bertz CT molecular complexity index is 929. The topological polar surface area (TPSA) is 77.1 Å². The number of carbonyl (C=O) groups excluding carboxylic acids is 1. The van der Waals surface area contributed by atoms with Crippen LogP contribution in [-0.2, 0) is 13.1 Å². The molecule has 3 heterocycles. The molecule has 0 spiro atoms. The predicted octanol–water partition coefficient (Wildman–Crippen LogP) is 3.16. The van der Waals surface area contributed by atoms with E-state index in [9.17, 15) is 4.79 Å². The normalized spacial score (nSPS) is 10.8. The Morgan fingerprint density at radius 3 is 2.85 bits per heavy atom. The number of hydrogen-bond acceptors (Lipinski definition) is 6. The lowest BCUT2D eigenvalue weighted by molar-refractivity contribution is 0.0719. The number of furan rings is 1. The van der Waals surface area contributed by atoms with Crippen molar-refractivity contribution < 1.29 is 9.21 Å². The zero-order chi connectivity index (χ0) is 17.8. The highest BCUT2D eigenvalue weighted by Gasteiger charge is 2.19. The third-order valence-corrected chi connectivity index (χ3v) is 4.71. The summed E-state index contributed by atoms with van der Waals surface area (Å²) in [5.74, 6) is 0.663. The quantitative estimate of drug-likeness (QED) is 0.524. The van der Waals surface area contributed by atoms with Crippen molar-refractivity contribution in [3.63, 3.8) is 0 Å². The molecule has 1 aromatic carbocycles. The third-order valence-electron chi connectivity index (χ3n) is 3.85. The van der Waals surface area contributed by atoms with Gasteiger partial charge in [0.2, 0.25) is 0 Å². The predicted molar refractivity (Wildman–Crippen MR) is 95.8 cm³/mol. The van der Waals surface area contributed by atoms with E-state index in [4.69, 9.17) is 4.42 Å². The number of rotatable bonds is 6. The van der Waals surface area contributed by atoms with Gasteiger partial charge in [-0.25, -0.2) is 4.68 Å². The number of aromatic nitrogens is 4. The summed E-state index contributed by atoms with van der Waals surface area (Å²) in [6.45, 7) is 0.922. The van der Waals surface area contributed by atoms with Crippen LogP contribution in [0.5, 0.6) is 0 Å². The molecule has 130 valence electrons. The van der Waals surface area contributed by atoms with Gasteiger partial charge in [0.1, 0.15) is 12.1 Å². The first-order chi connectivity index (χ1) is 12.8. The number of benzene rings is 1. The highest BCUT2D eigenvalue weighted by molar-refractivity contribution is 7.09. The second-order valence-corrected chi connectivity index (χ2v) is 6.66. The first-order valence-corrected chi connectivity index (χ1v) is 8.85. The van der Waals surface area contributed by atoms with Gasteiger partial charge in [0.25, 0.3) is 5.91 Å². The average molecular weight is 365 g/mol. The number of nitrogens with zero attached hydrogens (tertiary/aromatic N) is 5. The van der Waals surface area contributed by atoms with Crippen LogP contribution in [-0.4, -0.2) is 31.0 Å². The van der Waals surface area contributed by atoms with Gasteiger partial charge in [0.15, 0.2) is 0 Å². The van der Waals surface area contributed by atoms with Gasteiger partial charge in [0, 0.05) is 10.4 Å². The summed E-state index contributed by atoms with van der Waals surface area (Å²) < 4.78 is 6.95. The van der Waals surface area contributed by atoms with Crippen LogP contribution in [0.3, 0.4) is 0 Å². The van der Waals surface area contributed by atoms with Crippen LogP contribution in [0.25, 0.3) is 5.69 Å². The molecular weight excluding hydrogens is 350 g/mol. The summed E-state index contributed by atoms with van der Waals surface area (Å²) >= 11 is 1.62. The summed E-state index contributed by atoms with van der Waals surface area (Å²) in [5, 5.41) is 13.1. The monoisotopic (exact) mass is 365 g/mol. The van der Waals surface area contributed by atoms with Gasteiger partial charge in [0.05, 0.1) is 25.0 Å². The Balaban J connectivity index is 1.62. The molecule has 0 aliphatic rings. The van der Waals surface area contributed by atoms with Crippen LogP contribution in [0.2, 0.25) is 0 Å². The highest BCUT2D eigenvalue weighted by Crippen LogP contribution is 2.19. The van der Waals surface area contributed by atoms with Crippen molar-refractivity contribution in [2.45, 2.75) is 13.1 Å². The minimum atomic E-state index is -0.0790. The summed E-state index contributed by atoms with van der Waals surface area (Å²) in [5.41, 5.74) is 1.30. The molecule has 0 saturated heterocycles. The molecule has 0 bridgehead atoms. The van der Waals surface area contributed by atoms with Crippen molar-refractivity contribution in [3.05, 3.63) is 82.7 Å². The van der Waals surface area contributed by atoms with Crippen molar-refractivity contribution in [1.29, 1.82) is 0 Å². The SMILES string of the molecule is O=C(c1cccc(-n2cnnn2)c1)N(Cc1ccco1)Cc1cccs1. The van der Waals surface area contributed by atoms with Gasteiger partial charge in [-0.05, 0) is 52.2 Å². The molecular formula is C18H15N5O2S. The number of carbonyl (C=O) groups is 1. The zero-order valence-electron chi connectivity index (χ0n) is 13.7. The van der Waals surface area contributed by atoms with E-state index < -0.39 is 0 Å². The summed E-state index contributed by atoms with van der Waals surface area (Å²) in [6, 6.07) is 14.9. The smallest absolute Gasteiger partial charge is 0.254 e. The molecule has 3 aromatic heterocycles. The van der Waals surface area contributed by atoms with E-state index in [1.54, 1.807) is 34.6 Å². The minimum absolute atomic E-state index is 0.0790. The molecule has 1 amide bonds. The van der Waals surface area contributed by atoms with Crippen molar-refractivity contribution >= 4 is 17.2 Å². The Hall–Kier alpha value is -3.26. The molecule has 0 aliphatic heterocycles. The first kappa shape index (κ1) is 16.2. The van der Waals surface area contributed by atoms with Crippen molar-refractivity contribution in [3.8, 4) is 5.69 Å². The van der Waals surface area contributed by atoms with E-state index in [-0.39, 0.29) is 5.91 Å². The lowest BCUT2D eigenvalue weighted by atomic mass is 10.1. The summed E-state index contributed by atoms with van der Waals surface area (Å²) in [4.78, 5) is 16.0. The molecule has 0 fully saturated rings. The van der Waals surface area contributed by atoms with Gasteiger partial charge in [-0.2, -0.15) is 0 Å². The zero-order valence-corrected chi connectivity index (χ0v) is 14.5. The van der Waals surface area contributed by atoms with Crippen molar-refractivity contribution in [2.75, 3.05) is 0 Å². The van der Waals surface area contributed by atoms with Crippen LogP contribution in [0.1, 0.15) is 21.0 Å². The molecule has 0 saturated carbocycles. The lowest BCUT2D eigenvalue weighted by Crippen LogP contribution is -2.29. The molecule has 7 nitrogen and oxygen atoms in total. The molecule has 0 aliphatic carbocycles.